The van der Waals surface area contributed by atoms with Gasteiger partial charge in [0.05, 0.1) is 11.4 Å². The van der Waals surface area contributed by atoms with Crippen molar-refractivity contribution < 1.29 is 0 Å². The van der Waals surface area contributed by atoms with E-state index in [9.17, 15) is 0 Å². The molecular weight excluding hydrogens is 124 g/mol. The molecule has 1 aromatic rings. The zero-order valence-corrected chi connectivity index (χ0v) is 6.18. The third-order valence-electron chi connectivity index (χ3n) is 1.30. The van der Waals surface area contributed by atoms with Gasteiger partial charge in [0.2, 0.25) is 0 Å². The van der Waals surface area contributed by atoms with Gasteiger partial charge in [-0.15, -0.1) is 0 Å². The Labute approximate surface area is 60.4 Å². The fraction of sp³-hybridized carbons (Fsp3) is 0.250. The van der Waals surface area contributed by atoms with Gasteiger partial charge in [0.25, 0.3) is 0 Å². The predicted octanol–water partition coefficient (Wildman–Crippen LogP) is 1.78. The number of aromatic nitrogens is 1. The Morgan fingerprint density at radius 1 is 1.50 bits per heavy atom. The second-order valence-corrected chi connectivity index (χ2v) is 2.35. The normalized spacial score (nSPS) is 9.40. The molecule has 1 rings (SSSR count). The Bertz CT molecular complexity index is 236. The average molecular weight is 134 g/mol. The van der Waals surface area contributed by atoms with E-state index in [1.807, 2.05) is 19.1 Å². The van der Waals surface area contributed by atoms with Crippen molar-refractivity contribution in [3.63, 3.8) is 0 Å². The van der Waals surface area contributed by atoms with E-state index in [1.165, 1.54) is 0 Å². The fourth-order valence-corrected chi connectivity index (χ4v) is 0.690. The minimum atomic E-state index is 0.514. The summed E-state index contributed by atoms with van der Waals surface area (Å²) < 4.78 is 0. The van der Waals surface area contributed by atoms with Gasteiger partial charge in [0.15, 0.2) is 0 Å². The fourth-order valence-electron chi connectivity index (χ4n) is 0.690. The van der Waals surface area contributed by atoms with E-state index >= 15 is 0 Å². The average Bonchev–Trinajstić information content (AvgIpc) is 1.88. The van der Waals surface area contributed by atoms with Gasteiger partial charge in [0, 0.05) is 6.20 Å². The van der Waals surface area contributed by atoms with Crippen LogP contribution in [0.15, 0.2) is 18.3 Å². The maximum Gasteiger partial charge on any atom is 0.0834 e. The lowest BCUT2D eigenvalue weighted by atomic mass is 10.2. The van der Waals surface area contributed by atoms with Crippen LogP contribution in [0.3, 0.4) is 0 Å². The van der Waals surface area contributed by atoms with Crippen LogP contribution in [0, 0.1) is 12.3 Å². The third-order valence-corrected chi connectivity index (χ3v) is 1.30. The molecule has 52 valence electrons. The highest BCUT2D eigenvalue weighted by molar-refractivity contribution is 5.94. The van der Waals surface area contributed by atoms with Gasteiger partial charge in [-0.3, -0.25) is 4.98 Å². The molecule has 1 heterocycles. The summed E-state index contributed by atoms with van der Waals surface area (Å²) in [7, 11) is 0. The number of hydrogen-bond donors (Lipinski definition) is 1. The summed E-state index contributed by atoms with van der Waals surface area (Å²) in [5, 5.41) is 7.24. The summed E-state index contributed by atoms with van der Waals surface area (Å²) in [6, 6.07) is 3.82. The second kappa shape index (κ2) is 2.60. The number of nitrogens with one attached hydrogen (secondary N) is 1. The smallest absolute Gasteiger partial charge is 0.0834 e. The summed E-state index contributed by atoms with van der Waals surface area (Å²) >= 11 is 0. The highest BCUT2D eigenvalue weighted by Gasteiger charge is 1.93. The zero-order chi connectivity index (χ0) is 7.56. The van der Waals surface area contributed by atoms with E-state index in [0.717, 1.165) is 11.3 Å². The third kappa shape index (κ3) is 1.41. The largest absolute Gasteiger partial charge is 0.303 e. The van der Waals surface area contributed by atoms with Crippen molar-refractivity contribution in [1.82, 2.24) is 4.98 Å². The van der Waals surface area contributed by atoms with E-state index in [4.69, 9.17) is 5.41 Å². The first kappa shape index (κ1) is 6.93. The van der Waals surface area contributed by atoms with Crippen molar-refractivity contribution in [2.45, 2.75) is 13.8 Å². The zero-order valence-electron chi connectivity index (χ0n) is 6.18. The van der Waals surface area contributed by atoms with Gasteiger partial charge < -0.3 is 5.41 Å². The molecule has 0 fully saturated rings. The topological polar surface area (TPSA) is 36.7 Å². The Morgan fingerprint density at radius 2 is 2.20 bits per heavy atom. The highest BCUT2D eigenvalue weighted by atomic mass is 14.7. The molecule has 0 atom stereocenters. The molecule has 2 heteroatoms. The summed E-state index contributed by atoms with van der Waals surface area (Å²) in [4.78, 5) is 4.05. The molecule has 0 radical (unpaired) electrons. The summed E-state index contributed by atoms with van der Waals surface area (Å²) in [5.74, 6) is 0. The van der Waals surface area contributed by atoms with Crippen molar-refractivity contribution >= 4 is 5.71 Å². The molecular formula is C8H10N2. The molecule has 10 heavy (non-hydrogen) atoms. The van der Waals surface area contributed by atoms with Gasteiger partial charge in [0.1, 0.15) is 0 Å². The van der Waals surface area contributed by atoms with Crippen LogP contribution in [0.4, 0.5) is 0 Å². The Balaban J connectivity index is 3.00. The van der Waals surface area contributed by atoms with Gasteiger partial charge in [-0.25, -0.2) is 0 Å². The molecule has 0 aliphatic heterocycles. The van der Waals surface area contributed by atoms with E-state index in [1.54, 1.807) is 13.1 Å². The molecule has 0 aromatic carbocycles. The lowest BCUT2D eigenvalue weighted by Crippen LogP contribution is -1.95. The standard InChI is InChI=1S/C8H10N2/c1-6-3-4-8(7(2)9)10-5-6/h3-5,9H,1-2H3. The number of nitrogens with zero attached hydrogens (tertiary/aromatic N) is 1. The Hall–Kier alpha value is -1.18. The lowest BCUT2D eigenvalue weighted by Gasteiger charge is -1.95. The van der Waals surface area contributed by atoms with Crippen LogP contribution >= 0.6 is 0 Å². The molecule has 1 N–H and O–H groups in total. The quantitative estimate of drug-likeness (QED) is 0.584. The first-order valence-corrected chi connectivity index (χ1v) is 3.18. The van der Waals surface area contributed by atoms with Crippen molar-refractivity contribution in [3.8, 4) is 0 Å². The van der Waals surface area contributed by atoms with Gasteiger partial charge in [-0.05, 0) is 25.5 Å². The van der Waals surface area contributed by atoms with Crippen molar-refractivity contribution in [2.75, 3.05) is 0 Å². The predicted molar refractivity (Wildman–Crippen MR) is 41.5 cm³/mol. The van der Waals surface area contributed by atoms with Crippen LogP contribution in [-0.4, -0.2) is 10.7 Å². The molecule has 0 amide bonds. The van der Waals surface area contributed by atoms with Crippen LogP contribution in [-0.2, 0) is 0 Å². The van der Waals surface area contributed by atoms with E-state index in [2.05, 4.69) is 4.98 Å². The van der Waals surface area contributed by atoms with Gasteiger partial charge in [-0.1, -0.05) is 6.07 Å². The maximum absolute atomic E-state index is 7.24. The number of hydrogen-bond acceptors (Lipinski definition) is 2. The van der Waals surface area contributed by atoms with Crippen molar-refractivity contribution in [2.24, 2.45) is 0 Å². The van der Waals surface area contributed by atoms with Crippen molar-refractivity contribution in [3.05, 3.63) is 29.6 Å². The number of pyridine rings is 1. The second-order valence-electron chi connectivity index (χ2n) is 2.35. The minimum absolute atomic E-state index is 0.514. The maximum atomic E-state index is 7.24. The molecule has 0 aliphatic carbocycles. The van der Waals surface area contributed by atoms with Crippen LogP contribution < -0.4 is 0 Å². The summed E-state index contributed by atoms with van der Waals surface area (Å²) in [5.41, 5.74) is 2.40. The summed E-state index contributed by atoms with van der Waals surface area (Å²) in [6.45, 7) is 3.72. The van der Waals surface area contributed by atoms with E-state index in [0.29, 0.717) is 5.71 Å². The van der Waals surface area contributed by atoms with Crippen LogP contribution in [0.1, 0.15) is 18.2 Å². The lowest BCUT2D eigenvalue weighted by molar-refractivity contribution is 1.23. The van der Waals surface area contributed by atoms with Crippen molar-refractivity contribution in [1.29, 1.82) is 5.41 Å². The van der Waals surface area contributed by atoms with Gasteiger partial charge >= 0.3 is 0 Å². The number of rotatable bonds is 1. The molecule has 1 aromatic heterocycles. The molecule has 0 unspecified atom stereocenters. The van der Waals surface area contributed by atoms with Crippen LogP contribution in [0.2, 0.25) is 0 Å². The van der Waals surface area contributed by atoms with Crippen LogP contribution in [0.25, 0.3) is 0 Å². The highest BCUT2D eigenvalue weighted by Crippen LogP contribution is 1.98. The van der Waals surface area contributed by atoms with E-state index in [-0.39, 0.29) is 0 Å². The minimum Gasteiger partial charge on any atom is -0.303 e. The van der Waals surface area contributed by atoms with E-state index < -0.39 is 0 Å². The molecule has 2 nitrogen and oxygen atoms in total. The molecule has 0 spiro atoms. The molecule has 0 saturated carbocycles. The van der Waals surface area contributed by atoms with Gasteiger partial charge in [-0.2, -0.15) is 0 Å². The number of aryl methyl sites for hydroxylation is 1. The monoisotopic (exact) mass is 134 g/mol. The SMILES string of the molecule is CC(=N)c1ccc(C)cn1. The summed E-state index contributed by atoms with van der Waals surface area (Å²) in [6.07, 6.45) is 1.77. The molecule has 0 aliphatic rings. The first-order valence-electron chi connectivity index (χ1n) is 3.18. The molecule has 0 saturated heterocycles. The van der Waals surface area contributed by atoms with Crippen LogP contribution in [0.5, 0.6) is 0 Å². The Morgan fingerprint density at radius 3 is 2.60 bits per heavy atom. The molecule has 0 bridgehead atoms. The Kier molecular flexibility index (Phi) is 1.81. The first-order chi connectivity index (χ1) is 4.70.